The van der Waals surface area contributed by atoms with E-state index in [0.717, 1.165) is 0 Å². The summed E-state index contributed by atoms with van der Waals surface area (Å²) in [5, 5.41) is 4.97. The zero-order valence-electron chi connectivity index (χ0n) is 9.58. The predicted molar refractivity (Wildman–Crippen MR) is 63.1 cm³/mol. The first-order valence-corrected chi connectivity index (χ1v) is 6.30. The minimum atomic E-state index is -3.68. The number of nitrogens with zero attached hydrogens (tertiary/aromatic N) is 1. The van der Waals surface area contributed by atoms with Gasteiger partial charge in [-0.25, -0.2) is 13.6 Å². The number of hydrogen-bond acceptors (Lipinski definition) is 5. The number of primary sulfonamides is 1. The number of rotatable bonds is 4. The molecule has 1 aromatic rings. The molecule has 0 aliphatic carbocycles. The van der Waals surface area contributed by atoms with Gasteiger partial charge in [-0.15, -0.1) is 0 Å². The van der Waals surface area contributed by atoms with Crippen LogP contribution >= 0.6 is 0 Å². The van der Waals surface area contributed by atoms with Gasteiger partial charge in [-0.3, -0.25) is 4.79 Å². The Bertz CT molecular complexity index is 496. The van der Waals surface area contributed by atoms with Gasteiger partial charge >= 0.3 is 5.97 Å². The number of benzene rings is 1. The van der Waals surface area contributed by atoms with Gasteiger partial charge in [0.1, 0.15) is 6.54 Å². The van der Waals surface area contributed by atoms with Crippen LogP contribution in [0, 0.1) is 0 Å². The molecule has 1 aromatic carbocycles. The van der Waals surface area contributed by atoms with E-state index in [4.69, 9.17) is 5.14 Å². The molecule has 0 heterocycles. The molecular formula is C10H14N2O4S. The zero-order valence-corrected chi connectivity index (χ0v) is 10.4. The molecule has 2 N–H and O–H groups in total. The summed E-state index contributed by atoms with van der Waals surface area (Å²) >= 11 is 0. The van der Waals surface area contributed by atoms with E-state index in [1.165, 1.54) is 19.2 Å². The Balaban J connectivity index is 2.84. The molecule has 1 rings (SSSR count). The van der Waals surface area contributed by atoms with Crippen molar-refractivity contribution in [1.29, 1.82) is 0 Å². The standard InChI is InChI=1S/C10H14N2O4S/c1-12(7-10(13)16-2)8-3-5-9(6-4-8)17(11,14)15/h3-6H,7H2,1-2H3,(H2,11,14,15). The number of carbonyl (C=O) groups is 1. The van der Waals surface area contributed by atoms with E-state index in [9.17, 15) is 13.2 Å². The molecule has 0 fully saturated rings. The van der Waals surface area contributed by atoms with Crippen molar-refractivity contribution >= 4 is 21.7 Å². The summed E-state index contributed by atoms with van der Waals surface area (Å²) in [7, 11) is -0.680. The molecule has 7 heteroatoms. The molecule has 6 nitrogen and oxygen atoms in total. The fraction of sp³-hybridized carbons (Fsp3) is 0.300. The van der Waals surface area contributed by atoms with Gasteiger partial charge in [0.15, 0.2) is 0 Å². The van der Waals surface area contributed by atoms with Crippen LogP contribution in [0.15, 0.2) is 29.2 Å². The minimum absolute atomic E-state index is 0.0349. The second kappa shape index (κ2) is 5.15. The Morgan fingerprint density at radius 2 is 1.88 bits per heavy atom. The highest BCUT2D eigenvalue weighted by molar-refractivity contribution is 7.89. The van der Waals surface area contributed by atoms with Crippen molar-refractivity contribution < 1.29 is 17.9 Å². The summed E-state index contributed by atoms with van der Waals surface area (Å²) < 4.78 is 26.6. The van der Waals surface area contributed by atoms with E-state index < -0.39 is 10.0 Å². The highest BCUT2D eigenvalue weighted by Crippen LogP contribution is 2.15. The monoisotopic (exact) mass is 258 g/mol. The molecule has 0 aliphatic rings. The third-order valence-electron chi connectivity index (χ3n) is 2.20. The van der Waals surface area contributed by atoms with Crippen molar-refractivity contribution in [3.05, 3.63) is 24.3 Å². The fourth-order valence-electron chi connectivity index (χ4n) is 1.24. The third kappa shape index (κ3) is 3.72. The van der Waals surface area contributed by atoms with Crippen LogP contribution in [0.4, 0.5) is 5.69 Å². The van der Waals surface area contributed by atoms with Gasteiger partial charge < -0.3 is 9.64 Å². The second-order valence-electron chi connectivity index (χ2n) is 3.47. The maximum absolute atomic E-state index is 11.0. The molecule has 0 unspecified atom stereocenters. The van der Waals surface area contributed by atoms with Crippen molar-refractivity contribution in [1.82, 2.24) is 0 Å². The van der Waals surface area contributed by atoms with E-state index in [2.05, 4.69) is 4.74 Å². The van der Waals surface area contributed by atoms with E-state index in [1.54, 1.807) is 24.1 Å². The van der Waals surface area contributed by atoms with Crippen molar-refractivity contribution in [2.24, 2.45) is 5.14 Å². The van der Waals surface area contributed by atoms with Gasteiger partial charge in [0.05, 0.1) is 12.0 Å². The van der Waals surface area contributed by atoms with Gasteiger partial charge in [0, 0.05) is 12.7 Å². The molecule has 0 aliphatic heterocycles. The lowest BCUT2D eigenvalue weighted by molar-refractivity contribution is -0.138. The van der Waals surface area contributed by atoms with E-state index in [0.29, 0.717) is 5.69 Å². The molecular weight excluding hydrogens is 244 g/mol. The average Bonchev–Trinajstić information content (AvgIpc) is 2.27. The van der Waals surface area contributed by atoms with Gasteiger partial charge in [0.25, 0.3) is 0 Å². The Hall–Kier alpha value is -1.60. The van der Waals surface area contributed by atoms with Crippen LogP contribution in [0.1, 0.15) is 0 Å². The molecule has 17 heavy (non-hydrogen) atoms. The maximum Gasteiger partial charge on any atom is 0.325 e. The Kier molecular flexibility index (Phi) is 4.08. The van der Waals surface area contributed by atoms with Crippen LogP contribution in [0.25, 0.3) is 0 Å². The van der Waals surface area contributed by atoms with Crippen molar-refractivity contribution in [3.63, 3.8) is 0 Å². The van der Waals surface area contributed by atoms with Gasteiger partial charge in [-0.1, -0.05) is 0 Å². The van der Waals surface area contributed by atoms with Crippen molar-refractivity contribution in [3.8, 4) is 0 Å². The quantitative estimate of drug-likeness (QED) is 0.764. The molecule has 0 amide bonds. The number of likely N-dealkylation sites (N-methyl/N-ethyl adjacent to an activating group) is 1. The van der Waals surface area contributed by atoms with E-state index in [1.807, 2.05) is 0 Å². The Morgan fingerprint density at radius 3 is 2.29 bits per heavy atom. The molecule has 0 bridgehead atoms. The lowest BCUT2D eigenvalue weighted by atomic mass is 10.3. The number of esters is 1. The van der Waals surface area contributed by atoms with Gasteiger partial charge in [-0.05, 0) is 24.3 Å². The summed E-state index contributed by atoms with van der Waals surface area (Å²) in [6.07, 6.45) is 0. The predicted octanol–water partition coefficient (Wildman–Crippen LogP) is -0.0568. The molecule has 0 saturated carbocycles. The first-order chi connectivity index (χ1) is 7.84. The highest BCUT2D eigenvalue weighted by atomic mass is 32.2. The smallest absolute Gasteiger partial charge is 0.325 e. The lowest BCUT2D eigenvalue weighted by Gasteiger charge is -2.17. The zero-order chi connectivity index (χ0) is 13.1. The van der Waals surface area contributed by atoms with Crippen LogP contribution in [-0.2, 0) is 19.6 Å². The summed E-state index contributed by atoms with van der Waals surface area (Å²) in [5.74, 6) is -0.372. The first kappa shape index (κ1) is 13.5. The van der Waals surface area contributed by atoms with Crippen molar-refractivity contribution in [2.75, 3.05) is 25.6 Å². The average molecular weight is 258 g/mol. The number of ether oxygens (including phenoxy) is 1. The van der Waals surface area contributed by atoms with Crippen molar-refractivity contribution in [2.45, 2.75) is 4.90 Å². The van der Waals surface area contributed by atoms with E-state index in [-0.39, 0.29) is 17.4 Å². The number of hydrogen-bond donors (Lipinski definition) is 1. The molecule has 0 aromatic heterocycles. The van der Waals surface area contributed by atoms with Crippen LogP contribution in [0.5, 0.6) is 0 Å². The maximum atomic E-state index is 11.0. The second-order valence-corrected chi connectivity index (χ2v) is 5.03. The summed E-state index contributed by atoms with van der Waals surface area (Å²) in [5.41, 5.74) is 0.697. The normalized spacial score (nSPS) is 11.0. The van der Waals surface area contributed by atoms with Gasteiger partial charge in [-0.2, -0.15) is 0 Å². The fourth-order valence-corrected chi connectivity index (χ4v) is 1.76. The summed E-state index contributed by atoms with van der Waals surface area (Å²) in [6.45, 7) is 0.0885. The first-order valence-electron chi connectivity index (χ1n) is 4.75. The number of anilines is 1. The molecule has 0 spiro atoms. The van der Waals surface area contributed by atoms with E-state index >= 15 is 0 Å². The Morgan fingerprint density at radius 1 is 1.35 bits per heavy atom. The third-order valence-corrected chi connectivity index (χ3v) is 3.13. The molecule has 94 valence electrons. The SMILES string of the molecule is COC(=O)CN(C)c1ccc(S(N)(=O)=O)cc1. The summed E-state index contributed by atoms with van der Waals surface area (Å²) in [4.78, 5) is 12.7. The molecule has 0 radical (unpaired) electrons. The lowest BCUT2D eigenvalue weighted by Crippen LogP contribution is -2.26. The summed E-state index contributed by atoms with van der Waals surface area (Å²) in [6, 6.07) is 5.92. The topological polar surface area (TPSA) is 89.7 Å². The molecule has 0 atom stereocenters. The van der Waals surface area contributed by atoms with Crippen LogP contribution < -0.4 is 10.0 Å². The number of sulfonamides is 1. The number of nitrogens with two attached hydrogens (primary N) is 1. The van der Waals surface area contributed by atoms with Crippen LogP contribution in [0.2, 0.25) is 0 Å². The Labute approximate surface area is 100 Å². The number of carbonyl (C=O) groups excluding carboxylic acids is 1. The number of methoxy groups -OCH3 is 1. The minimum Gasteiger partial charge on any atom is -0.468 e. The molecule has 0 saturated heterocycles. The largest absolute Gasteiger partial charge is 0.468 e. The highest BCUT2D eigenvalue weighted by Gasteiger charge is 2.10. The van der Waals surface area contributed by atoms with Gasteiger partial charge in [0.2, 0.25) is 10.0 Å². The van der Waals surface area contributed by atoms with Crippen LogP contribution in [0.3, 0.4) is 0 Å². The van der Waals surface area contributed by atoms with Crippen LogP contribution in [-0.4, -0.2) is 35.1 Å².